The van der Waals surface area contributed by atoms with E-state index in [0.717, 1.165) is 23.2 Å². The number of aliphatic hydroxyl groups excluding tert-OH is 1. The third-order valence-electron chi connectivity index (χ3n) is 4.75. The van der Waals surface area contributed by atoms with E-state index in [0.29, 0.717) is 13.1 Å². The predicted molar refractivity (Wildman–Crippen MR) is 92.9 cm³/mol. The Bertz CT molecular complexity index is 796. The number of aryl methyl sites for hydroxylation is 1. The molecule has 1 aliphatic heterocycles. The summed E-state index contributed by atoms with van der Waals surface area (Å²) in [7, 11) is 0. The Balaban J connectivity index is 1.94. The fraction of sp³-hybridized carbons (Fsp3) is 0.368. The van der Waals surface area contributed by atoms with E-state index < -0.39 is 6.10 Å². The Morgan fingerprint density at radius 2 is 2.04 bits per heavy atom. The summed E-state index contributed by atoms with van der Waals surface area (Å²) in [4.78, 5) is 29.5. The minimum absolute atomic E-state index is 0.0760. The fourth-order valence-electron chi connectivity index (χ4n) is 3.24. The molecule has 0 saturated carbocycles. The summed E-state index contributed by atoms with van der Waals surface area (Å²) < 4.78 is 0. The summed E-state index contributed by atoms with van der Waals surface area (Å²) in [6, 6.07) is 11.4. The smallest absolute Gasteiger partial charge is 0.261 e. The van der Waals surface area contributed by atoms with Crippen LogP contribution < -0.4 is 5.56 Å². The topological polar surface area (TPSA) is 73.4 Å². The van der Waals surface area contributed by atoms with E-state index in [1.807, 2.05) is 37.3 Å². The van der Waals surface area contributed by atoms with Crippen molar-refractivity contribution in [2.75, 3.05) is 13.1 Å². The van der Waals surface area contributed by atoms with Crippen molar-refractivity contribution in [3.05, 3.63) is 58.0 Å². The fourth-order valence-corrected chi connectivity index (χ4v) is 3.24. The van der Waals surface area contributed by atoms with Crippen LogP contribution in [0.5, 0.6) is 0 Å². The van der Waals surface area contributed by atoms with Crippen LogP contribution in [0.4, 0.5) is 0 Å². The van der Waals surface area contributed by atoms with Gasteiger partial charge in [0.05, 0.1) is 6.10 Å². The number of hydrogen-bond acceptors (Lipinski definition) is 3. The molecule has 2 atom stereocenters. The lowest BCUT2D eigenvalue weighted by Gasteiger charge is -2.18. The molecule has 3 rings (SSSR count). The number of likely N-dealkylation sites (tertiary alicyclic amines) is 1. The van der Waals surface area contributed by atoms with E-state index in [4.69, 9.17) is 0 Å². The lowest BCUT2D eigenvalue weighted by molar-refractivity contribution is 0.0761. The van der Waals surface area contributed by atoms with E-state index in [-0.39, 0.29) is 22.9 Å². The molecule has 2 aromatic rings. The number of aliphatic hydroxyl groups is 1. The molecule has 1 aliphatic rings. The average Bonchev–Trinajstić information content (AvgIpc) is 3.05. The number of aromatic nitrogens is 1. The molecule has 1 aromatic carbocycles. The van der Waals surface area contributed by atoms with Crippen molar-refractivity contribution in [2.24, 2.45) is 5.92 Å². The summed E-state index contributed by atoms with van der Waals surface area (Å²) in [5.74, 6) is -0.191. The van der Waals surface area contributed by atoms with Crippen LogP contribution in [0.2, 0.25) is 0 Å². The van der Waals surface area contributed by atoms with Crippen molar-refractivity contribution in [1.29, 1.82) is 0 Å². The first-order valence-corrected chi connectivity index (χ1v) is 8.24. The SMILES string of the molecule is Cc1[nH]c(=O)c(C(=O)N2CCC(C(C)O)C2)cc1-c1ccccc1. The Kier molecular flexibility index (Phi) is 4.53. The van der Waals surface area contributed by atoms with E-state index in [1.165, 1.54) is 0 Å². The zero-order chi connectivity index (χ0) is 17.3. The maximum Gasteiger partial charge on any atom is 0.261 e. The highest BCUT2D eigenvalue weighted by molar-refractivity contribution is 5.95. The molecule has 1 aromatic heterocycles. The van der Waals surface area contributed by atoms with E-state index >= 15 is 0 Å². The molecule has 0 aliphatic carbocycles. The first-order valence-electron chi connectivity index (χ1n) is 8.24. The van der Waals surface area contributed by atoms with Crippen LogP contribution in [0.3, 0.4) is 0 Å². The second-order valence-corrected chi connectivity index (χ2v) is 6.46. The molecule has 2 heterocycles. The number of H-pyrrole nitrogens is 1. The molecule has 0 bridgehead atoms. The lowest BCUT2D eigenvalue weighted by Crippen LogP contribution is -2.34. The van der Waals surface area contributed by atoms with E-state index in [2.05, 4.69) is 4.98 Å². The van der Waals surface area contributed by atoms with Crippen LogP contribution in [-0.4, -0.2) is 40.1 Å². The number of rotatable bonds is 3. The lowest BCUT2D eigenvalue weighted by atomic mass is 10.0. The molecular weight excluding hydrogens is 304 g/mol. The molecule has 1 amide bonds. The Labute approximate surface area is 140 Å². The zero-order valence-corrected chi connectivity index (χ0v) is 14.0. The van der Waals surface area contributed by atoms with Gasteiger partial charge in [-0.3, -0.25) is 9.59 Å². The Morgan fingerprint density at radius 3 is 2.67 bits per heavy atom. The van der Waals surface area contributed by atoms with Gasteiger partial charge in [0.2, 0.25) is 0 Å². The summed E-state index contributed by atoms with van der Waals surface area (Å²) in [5.41, 5.74) is 2.35. The number of amides is 1. The quantitative estimate of drug-likeness (QED) is 0.908. The van der Waals surface area contributed by atoms with Crippen molar-refractivity contribution in [3.8, 4) is 11.1 Å². The van der Waals surface area contributed by atoms with Gasteiger partial charge in [0.25, 0.3) is 11.5 Å². The number of carbonyl (C=O) groups excluding carboxylic acids is 1. The molecule has 5 nitrogen and oxygen atoms in total. The van der Waals surface area contributed by atoms with Crippen molar-refractivity contribution in [3.63, 3.8) is 0 Å². The van der Waals surface area contributed by atoms with Crippen LogP contribution in [0.25, 0.3) is 11.1 Å². The molecule has 0 spiro atoms. The molecule has 2 N–H and O–H groups in total. The largest absolute Gasteiger partial charge is 0.393 e. The van der Waals surface area contributed by atoms with E-state index in [9.17, 15) is 14.7 Å². The van der Waals surface area contributed by atoms with Gasteiger partial charge in [-0.2, -0.15) is 0 Å². The monoisotopic (exact) mass is 326 g/mol. The van der Waals surface area contributed by atoms with Gasteiger partial charge in [-0.05, 0) is 31.9 Å². The minimum atomic E-state index is -0.445. The van der Waals surface area contributed by atoms with Crippen LogP contribution in [0, 0.1) is 12.8 Å². The van der Waals surface area contributed by atoms with E-state index in [1.54, 1.807) is 17.9 Å². The third-order valence-corrected chi connectivity index (χ3v) is 4.75. The molecule has 0 radical (unpaired) electrons. The second-order valence-electron chi connectivity index (χ2n) is 6.46. The van der Waals surface area contributed by atoms with Crippen LogP contribution in [-0.2, 0) is 0 Å². The molecular formula is C19H22N2O3. The van der Waals surface area contributed by atoms with Gasteiger partial charge < -0.3 is 15.0 Å². The summed E-state index contributed by atoms with van der Waals surface area (Å²) in [6.45, 7) is 4.63. The molecule has 126 valence electrons. The molecule has 24 heavy (non-hydrogen) atoms. The highest BCUT2D eigenvalue weighted by atomic mass is 16.3. The Hall–Kier alpha value is -2.40. The predicted octanol–water partition coefficient (Wildman–Crippen LogP) is 2.19. The summed E-state index contributed by atoms with van der Waals surface area (Å²) in [5, 5.41) is 9.70. The number of carbonyl (C=O) groups is 1. The summed E-state index contributed by atoms with van der Waals surface area (Å²) in [6.07, 6.45) is 0.317. The van der Waals surface area contributed by atoms with Crippen molar-refractivity contribution < 1.29 is 9.90 Å². The van der Waals surface area contributed by atoms with Crippen LogP contribution in [0.1, 0.15) is 29.4 Å². The third kappa shape index (κ3) is 3.12. The van der Waals surface area contributed by atoms with Gasteiger partial charge in [0, 0.05) is 30.3 Å². The number of aromatic amines is 1. The standard InChI is InChI=1S/C19H22N2O3/c1-12-16(14-6-4-3-5-7-14)10-17(18(23)20-12)19(24)21-9-8-15(11-21)13(2)22/h3-7,10,13,15,22H,8-9,11H2,1-2H3,(H,20,23). The number of nitrogens with one attached hydrogen (secondary N) is 1. The van der Waals surface area contributed by atoms with Gasteiger partial charge in [-0.25, -0.2) is 0 Å². The number of pyridine rings is 1. The van der Waals surface area contributed by atoms with Crippen molar-refractivity contribution in [2.45, 2.75) is 26.4 Å². The second kappa shape index (κ2) is 6.61. The maximum atomic E-state index is 12.8. The first kappa shape index (κ1) is 16.5. The molecule has 2 unspecified atom stereocenters. The molecule has 5 heteroatoms. The van der Waals surface area contributed by atoms with Crippen LogP contribution >= 0.6 is 0 Å². The minimum Gasteiger partial charge on any atom is -0.393 e. The highest BCUT2D eigenvalue weighted by Gasteiger charge is 2.30. The maximum absolute atomic E-state index is 12.8. The average molecular weight is 326 g/mol. The Morgan fingerprint density at radius 1 is 1.33 bits per heavy atom. The van der Waals surface area contributed by atoms with Crippen molar-refractivity contribution in [1.82, 2.24) is 9.88 Å². The first-order chi connectivity index (χ1) is 11.5. The number of benzene rings is 1. The molecule has 1 fully saturated rings. The highest BCUT2D eigenvalue weighted by Crippen LogP contribution is 2.24. The zero-order valence-electron chi connectivity index (χ0n) is 14.0. The van der Waals surface area contributed by atoms with Gasteiger partial charge >= 0.3 is 0 Å². The molecule has 1 saturated heterocycles. The number of nitrogens with zero attached hydrogens (tertiary/aromatic N) is 1. The van der Waals surface area contributed by atoms with Gasteiger partial charge in [-0.1, -0.05) is 30.3 Å². The van der Waals surface area contributed by atoms with Gasteiger partial charge in [0.15, 0.2) is 0 Å². The van der Waals surface area contributed by atoms with Crippen molar-refractivity contribution >= 4 is 5.91 Å². The van der Waals surface area contributed by atoms with Crippen LogP contribution in [0.15, 0.2) is 41.2 Å². The number of hydrogen-bond donors (Lipinski definition) is 2. The van der Waals surface area contributed by atoms with Gasteiger partial charge in [-0.15, -0.1) is 0 Å². The normalized spacial score (nSPS) is 18.6. The summed E-state index contributed by atoms with van der Waals surface area (Å²) >= 11 is 0. The van der Waals surface area contributed by atoms with Gasteiger partial charge in [0.1, 0.15) is 5.56 Å².